The number of nitrogens with two attached hydrogens (primary N) is 2. The van der Waals surface area contributed by atoms with Crippen LogP contribution in [0.1, 0.15) is 59.1 Å². The van der Waals surface area contributed by atoms with Crippen LogP contribution in [0.4, 0.5) is 0 Å². The Hall–Kier alpha value is -4.54. The summed E-state index contributed by atoms with van der Waals surface area (Å²) >= 11 is 0. The Bertz CT molecular complexity index is 1140. The minimum Gasteiger partial charge on any atom is -0.481 e. The molecule has 0 radical (unpaired) electrons. The normalized spacial score (nSPS) is 14.6. The molecule has 43 heavy (non-hydrogen) atoms. The zero-order chi connectivity index (χ0) is 32.9. The Morgan fingerprint density at radius 3 is 1.77 bits per heavy atom. The monoisotopic (exact) mass is 610 g/mol. The van der Waals surface area contributed by atoms with Crippen LogP contribution in [0.25, 0.3) is 0 Å². The molecule has 0 aliphatic rings. The summed E-state index contributed by atoms with van der Waals surface area (Å²) in [7, 11) is 0. The minimum absolute atomic E-state index is 0.0253. The number of hydrogen-bond donors (Lipinski definition) is 9. The zero-order valence-electron chi connectivity index (χ0n) is 24.6. The van der Waals surface area contributed by atoms with Crippen molar-refractivity contribution in [3.63, 3.8) is 0 Å². The van der Waals surface area contributed by atoms with Gasteiger partial charge in [0.05, 0.1) is 25.2 Å². The van der Waals surface area contributed by atoms with E-state index < -0.39 is 84.5 Å². The average molecular weight is 611 g/mol. The number of imidazole rings is 1. The van der Waals surface area contributed by atoms with E-state index in [1.165, 1.54) is 12.5 Å². The number of H-pyrrole nitrogens is 1. The predicted molar refractivity (Wildman–Crippen MR) is 151 cm³/mol. The first kappa shape index (κ1) is 36.5. The van der Waals surface area contributed by atoms with Gasteiger partial charge in [0.15, 0.2) is 0 Å². The third-order valence-electron chi connectivity index (χ3n) is 6.05. The van der Waals surface area contributed by atoms with Gasteiger partial charge in [-0.25, -0.2) is 9.78 Å². The van der Waals surface area contributed by atoms with Gasteiger partial charge in [-0.15, -0.1) is 0 Å². The molecule has 11 N–H and O–H groups in total. The summed E-state index contributed by atoms with van der Waals surface area (Å²) in [6.07, 6.45) is 1.52. The van der Waals surface area contributed by atoms with Gasteiger partial charge in [0.25, 0.3) is 0 Å². The van der Waals surface area contributed by atoms with Gasteiger partial charge in [0, 0.05) is 18.3 Å². The molecule has 0 bridgehead atoms. The molecule has 1 aromatic heterocycles. The number of carbonyl (C=O) groups excluding carboxylic acids is 5. The second kappa shape index (κ2) is 17.4. The number of aromatic amines is 1. The molecule has 17 nitrogen and oxygen atoms in total. The smallest absolute Gasteiger partial charge is 0.326 e. The molecule has 17 heteroatoms. The molecule has 0 fully saturated rings. The lowest BCUT2D eigenvalue weighted by Gasteiger charge is -2.27. The van der Waals surface area contributed by atoms with Gasteiger partial charge in [0.1, 0.15) is 24.2 Å². The molecule has 0 aliphatic heterocycles. The number of carbonyl (C=O) groups is 7. The van der Waals surface area contributed by atoms with Gasteiger partial charge in [-0.1, -0.05) is 27.7 Å². The average Bonchev–Trinajstić information content (AvgIpc) is 3.38. The summed E-state index contributed by atoms with van der Waals surface area (Å²) < 4.78 is 0. The lowest BCUT2D eigenvalue weighted by atomic mass is 10.0. The summed E-state index contributed by atoms with van der Waals surface area (Å²) in [5.74, 6) is -7.66. The first-order valence-corrected chi connectivity index (χ1v) is 13.7. The summed E-state index contributed by atoms with van der Waals surface area (Å²) in [6.45, 7) is 7.27. The quantitative estimate of drug-likeness (QED) is 0.0805. The van der Waals surface area contributed by atoms with Crippen molar-refractivity contribution in [2.45, 2.75) is 90.0 Å². The van der Waals surface area contributed by atoms with Gasteiger partial charge in [-0.2, -0.15) is 0 Å². The van der Waals surface area contributed by atoms with Crippen molar-refractivity contribution in [3.8, 4) is 0 Å². The molecule has 240 valence electrons. The molecule has 1 heterocycles. The number of amides is 5. The van der Waals surface area contributed by atoms with E-state index in [1.54, 1.807) is 13.8 Å². The maximum absolute atomic E-state index is 13.4. The lowest BCUT2D eigenvalue weighted by molar-refractivity contribution is -0.144. The van der Waals surface area contributed by atoms with Gasteiger partial charge >= 0.3 is 11.9 Å². The van der Waals surface area contributed by atoms with Gasteiger partial charge in [-0.3, -0.25) is 28.8 Å². The van der Waals surface area contributed by atoms with E-state index in [1.807, 2.05) is 19.2 Å². The molecule has 5 atom stereocenters. The molecular weight excluding hydrogens is 568 g/mol. The highest BCUT2D eigenvalue weighted by Crippen LogP contribution is 2.09. The maximum atomic E-state index is 13.4. The van der Waals surface area contributed by atoms with E-state index in [0.717, 1.165) is 0 Å². The highest BCUT2D eigenvalue weighted by molar-refractivity contribution is 5.97. The Kier molecular flexibility index (Phi) is 14.8. The minimum atomic E-state index is -1.77. The number of aromatic nitrogens is 2. The van der Waals surface area contributed by atoms with E-state index in [0.29, 0.717) is 12.1 Å². The molecule has 0 aliphatic carbocycles. The van der Waals surface area contributed by atoms with Crippen molar-refractivity contribution in [2.24, 2.45) is 23.3 Å². The molecular formula is C26H42N8O9. The van der Waals surface area contributed by atoms with E-state index in [4.69, 9.17) is 11.5 Å². The fraction of sp³-hybridized carbons (Fsp3) is 0.615. The standard InChI is InChI=1S/C26H42N8O9/c1-12(2)5-15(27)22(38)31-17(7-14-10-29-11-30-14)24(40)32-16(6-13(3)4)23(39)33-18(9-21(36)37)25(41)34-19(26(42)43)8-20(28)35/h10-13,15-19H,5-9,27H2,1-4H3,(H2,28,35)(H,29,30)(H,31,38)(H,32,40)(H,33,39)(H,34,41)(H,36,37)(H,42,43)/t15-,16-,17-,18-,19-/m0/s1. The second-order valence-electron chi connectivity index (χ2n) is 11.0. The molecule has 0 saturated heterocycles. The summed E-state index contributed by atoms with van der Waals surface area (Å²) in [6, 6.07) is -6.90. The Labute approximate surface area is 248 Å². The number of carboxylic acid groups (broad SMARTS) is 2. The van der Waals surface area contributed by atoms with Crippen molar-refractivity contribution in [1.82, 2.24) is 31.2 Å². The van der Waals surface area contributed by atoms with Crippen LogP contribution >= 0.6 is 0 Å². The molecule has 0 aromatic carbocycles. The third-order valence-corrected chi connectivity index (χ3v) is 6.05. The molecule has 1 rings (SSSR count). The number of rotatable bonds is 19. The first-order chi connectivity index (χ1) is 20.0. The third kappa shape index (κ3) is 13.8. The zero-order valence-corrected chi connectivity index (χ0v) is 24.6. The molecule has 1 aromatic rings. The topological polar surface area (TPSA) is 289 Å². The summed E-state index contributed by atoms with van der Waals surface area (Å²) in [4.78, 5) is 93.0. The molecule has 0 saturated carbocycles. The molecule has 5 amide bonds. The van der Waals surface area contributed by atoms with E-state index in [2.05, 4.69) is 25.9 Å². The summed E-state index contributed by atoms with van der Waals surface area (Å²) in [5.41, 5.74) is 11.5. The van der Waals surface area contributed by atoms with Crippen LogP contribution in [0.2, 0.25) is 0 Å². The fourth-order valence-electron chi connectivity index (χ4n) is 4.02. The number of primary amides is 1. The van der Waals surface area contributed by atoms with Crippen LogP contribution < -0.4 is 32.7 Å². The van der Waals surface area contributed by atoms with Gasteiger partial charge < -0.3 is 47.9 Å². The predicted octanol–water partition coefficient (Wildman–Crippen LogP) is -2.25. The number of nitrogens with zero attached hydrogens (tertiary/aromatic N) is 1. The molecule has 0 spiro atoms. The Morgan fingerprint density at radius 2 is 1.28 bits per heavy atom. The van der Waals surface area contributed by atoms with E-state index in [-0.39, 0.29) is 24.7 Å². The van der Waals surface area contributed by atoms with Crippen molar-refractivity contribution in [2.75, 3.05) is 0 Å². The van der Waals surface area contributed by atoms with Crippen LogP contribution in [-0.2, 0) is 40.0 Å². The van der Waals surface area contributed by atoms with Crippen molar-refractivity contribution in [1.29, 1.82) is 0 Å². The Morgan fingerprint density at radius 1 is 0.767 bits per heavy atom. The van der Waals surface area contributed by atoms with Crippen LogP contribution in [0.15, 0.2) is 12.5 Å². The number of carboxylic acids is 2. The van der Waals surface area contributed by atoms with Crippen molar-refractivity contribution < 1.29 is 43.8 Å². The molecule has 0 unspecified atom stereocenters. The fourth-order valence-corrected chi connectivity index (χ4v) is 4.02. The summed E-state index contributed by atoms with van der Waals surface area (Å²) in [5, 5.41) is 28.0. The second-order valence-corrected chi connectivity index (χ2v) is 11.0. The van der Waals surface area contributed by atoms with E-state index in [9.17, 15) is 43.8 Å². The highest BCUT2D eigenvalue weighted by atomic mass is 16.4. The highest BCUT2D eigenvalue weighted by Gasteiger charge is 2.33. The number of hydrogen-bond acceptors (Lipinski definition) is 9. The van der Waals surface area contributed by atoms with E-state index >= 15 is 0 Å². The van der Waals surface area contributed by atoms with Crippen molar-refractivity contribution >= 4 is 41.5 Å². The van der Waals surface area contributed by atoms with Crippen LogP contribution in [0.5, 0.6) is 0 Å². The maximum Gasteiger partial charge on any atom is 0.326 e. The van der Waals surface area contributed by atoms with Crippen LogP contribution in [-0.4, -0.2) is 91.9 Å². The SMILES string of the molecule is CC(C)C[C@H](NC(=O)[C@H](Cc1cnc[nH]1)NC(=O)[C@@H](N)CC(C)C)C(=O)N[C@@H](CC(=O)O)C(=O)N[C@@H](CC(N)=O)C(=O)O. The largest absolute Gasteiger partial charge is 0.481 e. The Balaban J connectivity index is 3.19. The first-order valence-electron chi connectivity index (χ1n) is 13.7. The van der Waals surface area contributed by atoms with Gasteiger partial charge in [-0.05, 0) is 24.7 Å². The number of nitrogens with one attached hydrogen (secondary N) is 5. The van der Waals surface area contributed by atoms with Crippen molar-refractivity contribution in [3.05, 3.63) is 18.2 Å². The van der Waals surface area contributed by atoms with Crippen LogP contribution in [0, 0.1) is 11.8 Å². The van der Waals surface area contributed by atoms with Gasteiger partial charge in [0.2, 0.25) is 29.5 Å². The van der Waals surface area contributed by atoms with Crippen LogP contribution in [0.3, 0.4) is 0 Å². The lowest BCUT2D eigenvalue weighted by Crippen LogP contribution is -2.59. The number of aliphatic carboxylic acids is 2.